The fourth-order valence-electron chi connectivity index (χ4n) is 2.22. The fraction of sp³-hybridized carbons (Fsp3) is 0.562. The van der Waals surface area contributed by atoms with Gasteiger partial charge in [-0.3, -0.25) is 4.79 Å². The number of methoxy groups -OCH3 is 2. The Morgan fingerprint density at radius 1 is 1.19 bits per heavy atom. The summed E-state index contributed by atoms with van der Waals surface area (Å²) in [7, 11) is 3.22. The molecule has 0 aliphatic carbocycles. The maximum absolute atomic E-state index is 11.6. The van der Waals surface area contributed by atoms with Crippen molar-refractivity contribution in [3.63, 3.8) is 0 Å². The van der Waals surface area contributed by atoms with Gasteiger partial charge in [-0.2, -0.15) is 0 Å². The highest BCUT2D eigenvalue weighted by Gasteiger charge is 2.15. The van der Waals surface area contributed by atoms with E-state index in [1.54, 1.807) is 14.2 Å². The third-order valence-electron chi connectivity index (χ3n) is 3.14. The average molecular weight is 295 g/mol. The van der Waals surface area contributed by atoms with Crippen molar-refractivity contribution < 1.29 is 19.0 Å². The standard InChI is InChI=1S/C16H25NO4/c1-5-17-13(11-16(18)21-6-2)9-12-7-8-14(19-3)15(10-12)20-4/h7-8,10,13,17H,5-6,9,11H2,1-4H3. The maximum atomic E-state index is 11.6. The molecule has 5 heteroatoms. The van der Waals surface area contributed by atoms with Crippen molar-refractivity contribution in [2.45, 2.75) is 32.7 Å². The third kappa shape index (κ3) is 5.63. The van der Waals surface area contributed by atoms with Gasteiger partial charge in [0, 0.05) is 6.04 Å². The Labute approximate surface area is 126 Å². The van der Waals surface area contributed by atoms with Gasteiger partial charge in [0.25, 0.3) is 0 Å². The molecule has 21 heavy (non-hydrogen) atoms. The van der Waals surface area contributed by atoms with Crippen LogP contribution in [-0.2, 0) is 16.0 Å². The van der Waals surface area contributed by atoms with E-state index >= 15 is 0 Å². The molecule has 0 aliphatic rings. The Morgan fingerprint density at radius 3 is 2.48 bits per heavy atom. The van der Waals surface area contributed by atoms with Crippen molar-refractivity contribution >= 4 is 5.97 Å². The number of esters is 1. The zero-order valence-corrected chi connectivity index (χ0v) is 13.3. The molecule has 0 heterocycles. The summed E-state index contributed by atoms with van der Waals surface area (Å²) in [5.74, 6) is 1.22. The van der Waals surface area contributed by atoms with Gasteiger partial charge in [0.1, 0.15) is 0 Å². The minimum absolute atomic E-state index is 0.0483. The summed E-state index contributed by atoms with van der Waals surface area (Å²) in [5, 5.41) is 3.31. The van der Waals surface area contributed by atoms with Gasteiger partial charge in [0.05, 0.1) is 27.2 Å². The van der Waals surface area contributed by atoms with Crippen LogP contribution in [0.4, 0.5) is 0 Å². The number of benzene rings is 1. The number of nitrogens with one attached hydrogen (secondary N) is 1. The molecule has 0 radical (unpaired) electrons. The van der Waals surface area contributed by atoms with Gasteiger partial charge in [-0.1, -0.05) is 13.0 Å². The molecule has 1 atom stereocenters. The second-order valence-corrected chi connectivity index (χ2v) is 4.66. The number of ether oxygens (including phenoxy) is 3. The van der Waals surface area contributed by atoms with Gasteiger partial charge in [0.15, 0.2) is 11.5 Å². The highest BCUT2D eigenvalue weighted by atomic mass is 16.5. The Bertz CT molecular complexity index is 448. The van der Waals surface area contributed by atoms with Gasteiger partial charge in [-0.05, 0) is 37.6 Å². The average Bonchev–Trinajstić information content (AvgIpc) is 2.47. The first kappa shape index (κ1) is 17.3. The quantitative estimate of drug-likeness (QED) is 0.708. The van der Waals surface area contributed by atoms with E-state index in [1.165, 1.54) is 0 Å². The predicted octanol–water partition coefficient (Wildman–Crippen LogP) is 2.18. The molecule has 0 bridgehead atoms. The van der Waals surface area contributed by atoms with Crippen LogP contribution in [0, 0.1) is 0 Å². The lowest BCUT2D eigenvalue weighted by Gasteiger charge is -2.18. The van der Waals surface area contributed by atoms with Gasteiger partial charge >= 0.3 is 5.97 Å². The SMILES string of the molecule is CCNC(CC(=O)OCC)Cc1ccc(OC)c(OC)c1. The van der Waals surface area contributed by atoms with E-state index in [1.807, 2.05) is 32.0 Å². The highest BCUT2D eigenvalue weighted by Crippen LogP contribution is 2.28. The number of rotatable bonds is 9. The molecule has 0 fully saturated rings. The van der Waals surface area contributed by atoms with E-state index in [9.17, 15) is 4.79 Å². The van der Waals surface area contributed by atoms with Crippen LogP contribution >= 0.6 is 0 Å². The van der Waals surface area contributed by atoms with Crippen molar-refractivity contribution in [2.24, 2.45) is 0 Å². The molecule has 1 unspecified atom stereocenters. The molecule has 5 nitrogen and oxygen atoms in total. The molecule has 1 rings (SSSR count). The summed E-state index contributed by atoms with van der Waals surface area (Å²) in [6.07, 6.45) is 1.09. The van der Waals surface area contributed by atoms with Crippen LogP contribution in [-0.4, -0.2) is 39.4 Å². The van der Waals surface area contributed by atoms with E-state index in [0.717, 1.165) is 18.5 Å². The van der Waals surface area contributed by atoms with E-state index in [0.29, 0.717) is 24.5 Å². The van der Waals surface area contributed by atoms with Crippen LogP contribution in [0.3, 0.4) is 0 Å². The zero-order chi connectivity index (χ0) is 15.7. The lowest BCUT2D eigenvalue weighted by molar-refractivity contribution is -0.143. The summed E-state index contributed by atoms with van der Waals surface area (Å²) in [4.78, 5) is 11.6. The van der Waals surface area contributed by atoms with Crippen LogP contribution in [0.2, 0.25) is 0 Å². The largest absolute Gasteiger partial charge is 0.493 e. The van der Waals surface area contributed by atoms with Crippen molar-refractivity contribution in [3.05, 3.63) is 23.8 Å². The minimum atomic E-state index is -0.177. The summed E-state index contributed by atoms with van der Waals surface area (Å²) in [6.45, 7) is 5.05. The minimum Gasteiger partial charge on any atom is -0.493 e. The van der Waals surface area contributed by atoms with Crippen molar-refractivity contribution in [3.8, 4) is 11.5 Å². The fourth-order valence-corrected chi connectivity index (χ4v) is 2.22. The molecule has 0 amide bonds. The van der Waals surface area contributed by atoms with Crippen LogP contribution in [0.25, 0.3) is 0 Å². The third-order valence-corrected chi connectivity index (χ3v) is 3.14. The predicted molar refractivity (Wildman–Crippen MR) is 82.0 cm³/mol. The first-order chi connectivity index (χ1) is 10.1. The number of hydrogen-bond donors (Lipinski definition) is 1. The summed E-state index contributed by atoms with van der Waals surface area (Å²) < 4.78 is 15.5. The molecule has 0 spiro atoms. The van der Waals surface area contributed by atoms with E-state index in [2.05, 4.69) is 5.32 Å². The highest BCUT2D eigenvalue weighted by molar-refractivity contribution is 5.70. The molecule has 118 valence electrons. The maximum Gasteiger partial charge on any atom is 0.307 e. The van der Waals surface area contributed by atoms with Gasteiger partial charge in [-0.25, -0.2) is 0 Å². The van der Waals surface area contributed by atoms with Crippen LogP contribution in [0.1, 0.15) is 25.8 Å². The number of likely N-dealkylation sites (N-methyl/N-ethyl adjacent to an activating group) is 1. The molecule has 1 N–H and O–H groups in total. The number of carbonyl (C=O) groups is 1. The topological polar surface area (TPSA) is 56.8 Å². The zero-order valence-electron chi connectivity index (χ0n) is 13.3. The molecule has 0 saturated heterocycles. The Hall–Kier alpha value is -1.75. The normalized spacial score (nSPS) is 11.8. The smallest absolute Gasteiger partial charge is 0.307 e. The first-order valence-corrected chi connectivity index (χ1v) is 7.24. The molecule has 1 aromatic carbocycles. The number of carbonyl (C=O) groups excluding carboxylic acids is 1. The Morgan fingerprint density at radius 2 is 1.90 bits per heavy atom. The van der Waals surface area contributed by atoms with Crippen LogP contribution < -0.4 is 14.8 Å². The van der Waals surface area contributed by atoms with E-state index in [-0.39, 0.29) is 12.0 Å². The van der Waals surface area contributed by atoms with Gasteiger partial charge in [0.2, 0.25) is 0 Å². The second kappa shape index (κ2) is 9.23. The van der Waals surface area contributed by atoms with E-state index in [4.69, 9.17) is 14.2 Å². The van der Waals surface area contributed by atoms with Crippen molar-refractivity contribution in [2.75, 3.05) is 27.4 Å². The van der Waals surface area contributed by atoms with Crippen molar-refractivity contribution in [1.29, 1.82) is 0 Å². The second-order valence-electron chi connectivity index (χ2n) is 4.66. The molecule has 0 aromatic heterocycles. The molecular weight excluding hydrogens is 270 g/mol. The summed E-state index contributed by atoms with van der Waals surface area (Å²) in [6, 6.07) is 5.85. The lowest BCUT2D eigenvalue weighted by Crippen LogP contribution is -2.33. The Kier molecular flexibility index (Phi) is 7.61. The van der Waals surface area contributed by atoms with Gasteiger partial charge in [-0.15, -0.1) is 0 Å². The van der Waals surface area contributed by atoms with E-state index < -0.39 is 0 Å². The monoisotopic (exact) mass is 295 g/mol. The molecule has 0 saturated carbocycles. The molecule has 1 aromatic rings. The number of hydrogen-bond acceptors (Lipinski definition) is 5. The van der Waals surface area contributed by atoms with Gasteiger partial charge < -0.3 is 19.5 Å². The lowest BCUT2D eigenvalue weighted by atomic mass is 10.0. The van der Waals surface area contributed by atoms with Crippen molar-refractivity contribution in [1.82, 2.24) is 5.32 Å². The molecule has 0 aliphatic heterocycles. The Balaban J connectivity index is 2.76. The summed E-state index contributed by atoms with van der Waals surface area (Å²) in [5.41, 5.74) is 1.09. The molecular formula is C16H25NO4. The van der Waals surface area contributed by atoms with Crippen LogP contribution in [0.5, 0.6) is 11.5 Å². The summed E-state index contributed by atoms with van der Waals surface area (Å²) >= 11 is 0. The van der Waals surface area contributed by atoms with Crippen LogP contribution in [0.15, 0.2) is 18.2 Å². The first-order valence-electron chi connectivity index (χ1n) is 7.24.